The molecule has 1 unspecified atom stereocenters. The van der Waals surface area contributed by atoms with Gasteiger partial charge in [-0.2, -0.15) is 5.26 Å². The number of nitriles is 1. The number of rotatable bonds is 6. The third-order valence-electron chi connectivity index (χ3n) is 6.74. The van der Waals surface area contributed by atoms with Crippen molar-refractivity contribution in [3.8, 4) is 11.9 Å². The lowest BCUT2D eigenvalue weighted by Crippen LogP contribution is -2.33. The average molecular weight is 498 g/mol. The number of nitrogens with zero attached hydrogens (tertiary/aromatic N) is 7. The van der Waals surface area contributed by atoms with E-state index in [1.165, 1.54) is 30.1 Å². The van der Waals surface area contributed by atoms with Crippen molar-refractivity contribution in [3.63, 3.8) is 0 Å². The molecule has 1 N–H and O–H groups in total. The van der Waals surface area contributed by atoms with Crippen molar-refractivity contribution >= 4 is 10.9 Å². The van der Waals surface area contributed by atoms with Crippen LogP contribution in [0.25, 0.3) is 10.9 Å². The zero-order valence-electron chi connectivity index (χ0n) is 20.8. The normalized spacial score (nSPS) is 12.9. The van der Waals surface area contributed by atoms with Gasteiger partial charge in [-0.15, -0.1) is 5.10 Å². The maximum atomic E-state index is 13.5. The van der Waals surface area contributed by atoms with Crippen molar-refractivity contribution in [2.75, 3.05) is 7.11 Å². The van der Waals surface area contributed by atoms with E-state index in [1.54, 1.807) is 48.1 Å². The minimum atomic E-state index is -1.67. The summed E-state index contributed by atoms with van der Waals surface area (Å²) < 4.78 is 22.3. The Kier molecular flexibility index (Phi) is 5.93. The summed E-state index contributed by atoms with van der Waals surface area (Å²) in [4.78, 5) is 9.02. The molecule has 0 aliphatic carbocycles. The number of hydrogen-bond acceptors (Lipinski definition) is 7. The molecule has 2 aromatic carbocycles. The molecule has 10 heteroatoms. The number of aromatic nitrogens is 6. The van der Waals surface area contributed by atoms with Crippen LogP contribution in [0.4, 0.5) is 4.39 Å². The Morgan fingerprint density at radius 2 is 1.86 bits per heavy atom. The van der Waals surface area contributed by atoms with Gasteiger partial charge < -0.3 is 14.4 Å². The van der Waals surface area contributed by atoms with E-state index in [2.05, 4.69) is 26.3 Å². The van der Waals surface area contributed by atoms with Crippen molar-refractivity contribution < 1.29 is 14.2 Å². The van der Waals surface area contributed by atoms with Crippen molar-refractivity contribution in [2.24, 2.45) is 14.1 Å². The predicted molar refractivity (Wildman–Crippen MR) is 133 cm³/mol. The molecule has 5 rings (SSSR count). The summed E-state index contributed by atoms with van der Waals surface area (Å²) in [5.74, 6) is 0.691. The maximum Gasteiger partial charge on any atom is 0.218 e. The van der Waals surface area contributed by atoms with Crippen molar-refractivity contribution in [1.29, 1.82) is 5.26 Å². The van der Waals surface area contributed by atoms with Crippen LogP contribution in [0.15, 0.2) is 54.9 Å². The lowest BCUT2D eigenvalue weighted by atomic mass is 9.85. The van der Waals surface area contributed by atoms with Gasteiger partial charge in [0.25, 0.3) is 0 Å². The first-order valence-corrected chi connectivity index (χ1v) is 11.5. The Balaban J connectivity index is 1.76. The fourth-order valence-electron chi connectivity index (χ4n) is 4.65. The van der Waals surface area contributed by atoms with E-state index >= 15 is 0 Å². The number of hydrogen-bond donors (Lipinski definition) is 1. The second kappa shape index (κ2) is 9.11. The molecule has 37 heavy (non-hydrogen) atoms. The number of benzene rings is 2. The monoisotopic (exact) mass is 497 g/mol. The Morgan fingerprint density at radius 3 is 2.46 bits per heavy atom. The van der Waals surface area contributed by atoms with Gasteiger partial charge in [-0.1, -0.05) is 23.4 Å². The van der Waals surface area contributed by atoms with Crippen LogP contribution in [-0.4, -0.2) is 41.7 Å². The van der Waals surface area contributed by atoms with Crippen LogP contribution in [-0.2, 0) is 26.1 Å². The smallest absolute Gasteiger partial charge is 0.218 e. The summed E-state index contributed by atoms with van der Waals surface area (Å²) in [6, 6.07) is 13.6. The van der Waals surface area contributed by atoms with Gasteiger partial charge in [-0.05, 0) is 42.3 Å². The third kappa shape index (κ3) is 3.90. The first-order valence-electron chi connectivity index (χ1n) is 11.5. The highest BCUT2D eigenvalue weighted by molar-refractivity contribution is 5.88. The summed E-state index contributed by atoms with van der Waals surface area (Å²) in [7, 11) is 5.02. The van der Waals surface area contributed by atoms with Crippen LogP contribution in [0.2, 0.25) is 0 Å². The molecule has 0 saturated carbocycles. The number of ether oxygens (including phenoxy) is 1. The summed E-state index contributed by atoms with van der Waals surface area (Å²) in [6.45, 7) is 1.84. The zero-order chi connectivity index (χ0) is 26.3. The van der Waals surface area contributed by atoms with E-state index < -0.39 is 5.60 Å². The second-order valence-corrected chi connectivity index (χ2v) is 8.82. The quantitative estimate of drug-likeness (QED) is 0.383. The molecule has 3 aromatic heterocycles. The molecular weight excluding hydrogens is 473 g/mol. The minimum absolute atomic E-state index is 0.314. The Morgan fingerprint density at radius 1 is 1.11 bits per heavy atom. The first kappa shape index (κ1) is 24.1. The molecule has 3 heterocycles. The molecule has 0 saturated heterocycles. The second-order valence-electron chi connectivity index (χ2n) is 8.82. The van der Waals surface area contributed by atoms with Gasteiger partial charge in [0.15, 0.2) is 5.60 Å². The molecule has 9 nitrogen and oxygen atoms in total. The van der Waals surface area contributed by atoms with Gasteiger partial charge in [-0.25, -0.2) is 19.0 Å². The molecule has 1 atom stereocenters. The number of fused-ring (bicyclic) bond motifs is 1. The number of aliphatic hydroxyl groups is 1. The van der Waals surface area contributed by atoms with Gasteiger partial charge in [0.2, 0.25) is 5.88 Å². The van der Waals surface area contributed by atoms with E-state index in [0.717, 1.165) is 11.4 Å². The van der Waals surface area contributed by atoms with E-state index in [1.807, 2.05) is 14.0 Å². The summed E-state index contributed by atoms with van der Waals surface area (Å²) in [6.07, 6.45) is 3.43. The predicted octanol–water partition coefficient (Wildman–Crippen LogP) is 3.30. The maximum absolute atomic E-state index is 13.5. The van der Waals surface area contributed by atoms with Gasteiger partial charge in [-0.3, -0.25) is 0 Å². The van der Waals surface area contributed by atoms with Crippen LogP contribution in [0.3, 0.4) is 0 Å². The molecule has 186 valence electrons. The molecular formula is C27H24FN7O2. The van der Waals surface area contributed by atoms with Crippen LogP contribution in [0, 0.1) is 24.1 Å². The minimum Gasteiger partial charge on any atom is -0.481 e. The standard InChI is InChI=1S/C27H24FN7O2/c1-16-30-14-24(34(16)2)27(36,25-15-31-33-35(25)3)18-7-10-23-20(12-18)22(13-29)21(26(32-23)37-4)11-17-5-8-19(28)9-6-17/h5-10,12,14-15,36H,11H2,1-4H3. The van der Waals surface area contributed by atoms with E-state index in [9.17, 15) is 14.8 Å². The van der Waals surface area contributed by atoms with Crippen LogP contribution in [0.5, 0.6) is 5.88 Å². The highest BCUT2D eigenvalue weighted by Gasteiger charge is 2.40. The van der Waals surface area contributed by atoms with Crippen molar-refractivity contribution in [3.05, 3.63) is 100 Å². The summed E-state index contributed by atoms with van der Waals surface area (Å²) in [5.41, 5.74) is 2.03. The van der Waals surface area contributed by atoms with Crippen LogP contribution in [0.1, 0.15) is 39.5 Å². The number of pyridine rings is 1. The van der Waals surface area contributed by atoms with E-state index in [-0.39, 0.29) is 5.82 Å². The number of aryl methyl sites for hydroxylation is 2. The summed E-state index contributed by atoms with van der Waals surface area (Å²) in [5, 5.41) is 31.1. The number of halogens is 1. The van der Waals surface area contributed by atoms with Gasteiger partial charge in [0.05, 0.1) is 36.3 Å². The lowest BCUT2D eigenvalue weighted by Gasteiger charge is -2.29. The van der Waals surface area contributed by atoms with E-state index in [4.69, 9.17) is 4.74 Å². The highest BCUT2D eigenvalue weighted by Crippen LogP contribution is 2.39. The molecule has 5 aromatic rings. The Hall–Kier alpha value is -4.62. The molecule has 0 fully saturated rings. The highest BCUT2D eigenvalue weighted by atomic mass is 19.1. The fourth-order valence-corrected chi connectivity index (χ4v) is 4.65. The molecule has 0 spiro atoms. The molecule has 0 aliphatic rings. The number of methoxy groups -OCH3 is 1. The Bertz CT molecular complexity index is 1670. The SMILES string of the molecule is COc1nc2ccc(C(O)(c3cnnn3C)c3cnc(C)n3C)cc2c(C#N)c1Cc1ccc(F)cc1. The van der Waals surface area contributed by atoms with Gasteiger partial charge in [0.1, 0.15) is 23.4 Å². The van der Waals surface area contributed by atoms with Crippen LogP contribution >= 0.6 is 0 Å². The van der Waals surface area contributed by atoms with Gasteiger partial charge >= 0.3 is 0 Å². The van der Waals surface area contributed by atoms with Crippen molar-refractivity contribution in [1.82, 2.24) is 29.5 Å². The molecule has 0 radical (unpaired) electrons. The molecule has 0 amide bonds. The molecule has 0 bridgehead atoms. The number of imidazole rings is 1. The largest absolute Gasteiger partial charge is 0.481 e. The van der Waals surface area contributed by atoms with Gasteiger partial charge in [0, 0.05) is 31.5 Å². The molecule has 0 aliphatic heterocycles. The fraction of sp³-hybridized carbons (Fsp3) is 0.222. The van der Waals surface area contributed by atoms with E-state index in [0.29, 0.717) is 51.3 Å². The Labute approximate surface area is 212 Å². The lowest BCUT2D eigenvalue weighted by molar-refractivity contribution is 0.108. The third-order valence-corrected chi connectivity index (χ3v) is 6.74. The topological polar surface area (TPSA) is 115 Å². The first-order chi connectivity index (χ1) is 17.8. The average Bonchev–Trinajstić information content (AvgIpc) is 3.49. The summed E-state index contributed by atoms with van der Waals surface area (Å²) >= 11 is 0. The zero-order valence-corrected chi connectivity index (χ0v) is 20.8. The van der Waals surface area contributed by atoms with Crippen LogP contribution < -0.4 is 4.74 Å². The van der Waals surface area contributed by atoms with Crippen molar-refractivity contribution in [2.45, 2.75) is 18.9 Å².